The average Bonchev–Trinajstić information content (AvgIpc) is 2.68. The van der Waals surface area contributed by atoms with Gasteiger partial charge in [-0.3, -0.25) is 4.79 Å². The molecule has 2 aromatic rings. The van der Waals surface area contributed by atoms with Gasteiger partial charge in [-0.15, -0.1) is 0 Å². The maximum Gasteiger partial charge on any atom is 0.248 e. The molecular weight excluding hydrogens is 368 g/mol. The van der Waals surface area contributed by atoms with Crippen LogP contribution in [0.2, 0.25) is 5.02 Å². The molecule has 2 rings (SSSR count). The van der Waals surface area contributed by atoms with E-state index in [0.29, 0.717) is 35.4 Å². The van der Waals surface area contributed by atoms with Crippen molar-refractivity contribution < 1.29 is 19.0 Å². The van der Waals surface area contributed by atoms with Gasteiger partial charge in [-0.1, -0.05) is 29.8 Å². The van der Waals surface area contributed by atoms with Crippen molar-refractivity contribution in [3.8, 4) is 17.6 Å². The van der Waals surface area contributed by atoms with Gasteiger partial charge in [0.1, 0.15) is 18.4 Å². The fourth-order valence-electron chi connectivity index (χ4n) is 2.12. The van der Waals surface area contributed by atoms with Crippen molar-refractivity contribution in [1.29, 1.82) is 5.26 Å². The van der Waals surface area contributed by atoms with Crippen molar-refractivity contribution in [3.63, 3.8) is 0 Å². The Morgan fingerprint density at radius 2 is 1.96 bits per heavy atom. The number of rotatable bonds is 9. The minimum Gasteiger partial charge on any atom is -0.487 e. The maximum atomic E-state index is 12.2. The van der Waals surface area contributed by atoms with Crippen LogP contribution in [0.1, 0.15) is 5.56 Å². The molecule has 1 N–H and O–H groups in total. The lowest BCUT2D eigenvalue weighted by atomic mass is 10.2. The third-order valence-corrected chi connectivity index (χ3v) is 3.67. The second-order valence-corrected chi connectivity index (χ2v) is 5.70. The van der Waals surface area contributed by atoms with Crippen LogP contribution in [0.3, 0.4) is 0 Å². The molecule has 0 fully saturated rings. The van der Waals surface area contributed by atoms with Crippen molar-refractivity contribution in [1.82, 2.24) is 0 Å². The summed E-state index contributed by atoms with van der Waals surface area (Å²) in [5.41, 5.74) is 1.30. The van der Waals surface area contributed by atoms with Crippen LogP contribution in [0.4, 0.5) is 5.69 Å². The number of amides is 1. The quantitative estimate of drug-likeness (QED) is 0.522. The Balaban J connectivity index is 2.00. The van der Waals surface area contributed by atoms with Crippen LogP contribution in [-0.2, 0) is 9.53 Å². The lowest BCUT2D eigenvalue weighted by Crippen LogP contribution is -2.11. The molecule has 0 heterocycles. The number of nitrogens with one attached hydrogen (secondary N) is 1. The molecule has 0 radical (unpaired) electrons. The van der Waals surface area contributed by atoms with Crippen LogP contribution in [0, 0.1) is 11.3 Å². The summed E-state index contributed by atoms with van der Waals surface area (Å²) in [6, 6.07) is 14.1. The summed E-state index contributed by atoms with van der Waals surface area (Å²) in [5, 5.41) is 11.6. The number of ether oxygens (including phenoxy) is 3. The number of para-hydroxylation sites is 1. The number of anilines is 1. The molecule has 0 aliphatic carbocycles. The number of nitriles is 1. The predicted octanol–water partition coefficient (Wildman–Crippen LogP) is 3.92. The Morgan fingerprint density at radius 1 is 1.19 bits per heavy atom. The first-order chi connectivity index (χ1) is 13.1. The lowest BCUT2D eigenvalue weighted by molar-refractivity contribution is -0.111. The Kier molecular flexibility index (Phi) is 8.17. The van der Waals surface area contributed by atoms with E-state index in [1.165, 1.54) is 6.08 Å². The molecule has 0 aliphatic rings. The Morgan fingerprint density at radius 3 is 2.67 bits per heavy atom. The number of hydrogen-bond acceptors (Lipinski definition) is 5. The number of hydrogen-bond donors (Lipinski definition) is 1. The molecule has 0 unspecified atom stereocenters. The van der Waals surface area contributed by atoms with Gasteiger partial charge in [-0.05, 0) is 35.9 Å². The van der Waals surface area contributed by atoms with Crippen molar-refractivity contribution in [2.45, 2.75) is 0 Å². The van der Waals surface area contributed by atoms with Crippen LogP contribution < -0.4 is 14.8 Å². The summed E-state index contributed by atoms with van der Waals surface area (Å²) in [6.45, 7) is 0.720. The first kappa shape index (κ1) is 20.3. The van der Waals surface area contributed by atoms with Gasteiger partial charge in [0.15, 0.2) is 12.4 Å². The summed E-state index contributed by atoms with van der Waals surface area (Å²) < 4.78 is 15.7. The molecular formula is C20H19ClN2O4. The van der Waals surface area contributed by atoms with Gasteiger partial charge < -0.3 is 19.5 Å². The van der Waals surface area contributed by atoms with Gasteiger partial charge in [0.25, 0.3) is 0 Å². The van der Waals surface area contributed by atoms with Crippen LogP contribution in [-0.4, -0.2) is 32.8 Å². The summed E-state index contributed by atoms with van der Waals surface area (Å²) in [5.74, 6) is 0.672. The highest BCUT2D eigenvalue weighted by Crippen LogP contribution is 2.32. The van der Waals surface area contributed by atoms with E-state index in [4.69, 9.17) is 31.1 Å². The monoisotopic (exact) mass is 386 g/mol. The Labute approximate surface area is 162 Å². The third-order valence-electron chi connectivity index (χ3n) is 3.37. The Hall–Kier alpha value is -3.01. The third kappa shape index (κ3) is 6.66. The number of methoxy groups -OCH3 is 1. The van der Waals surface area contributed by atoms with Crippen molar-refractivity contribution in [3.05, 3.63) is 59.1 Å². The second-order valence-electron chi connectivity index (χ2n) is 5.30. The summed E-state index contributed by atoms with van der Waals surface area (Å²) in [6.07, 6.45) is 3.07. The van der Waals surface area contributed by atoms with E-state index in [1.54, 1.807) is 55.7 Å². The van der Waals surface area contributed by atoms with Gasteiger partial charge in [0, 0.05) is 13.2 Å². The van der Waals surface area contributed by atoms with Crippen LogP contribution in [0.5, 0.6) is 11.5 Å². The molecule has 7 heteroatoms. The van der Waals surface area contributed by atoms with E-state index < -0.39 is 0 Å². The molecule has 0 aliphatic heterocycles. The molecule has 6 nitrogen and oxygen atoms in total. The fraction of sp³-hybridized carbons (Fsp3) is 0.200. The van der Waals surface area contributed by atoms with Crippen LogP contribution in [0.15, 0.2) is 48.5 Å². The molecule has 140 valence electrons. The molecule has 0 spiro atoms. The summed E-state index contributed by atoms with van der Waals surface area (Å²) in [4.78, 5) is 12.2. The minimum absolute atomic E-state index is 0.00792. The zero-order valence-corrected chi connectivity index (χ0v) is 15.5. The largest absolute Gasteiger partial charge is 0.487 e. The standard InChI is InChI=1S/C20H19ClN2O4/c1-25-13-14-27-20-17(21)3-2-4-18(20)23-19(24)10-7-15-5-8-16(9-6-15)26-12-11-22/h2-10H,12-14H2,1H3,(H,23,24)/b10-7+. The van der Waals surface area contributed by atoms with E-state index in [2.05, 4.69) is 5.32 Å². The molecule has 2 aromatic carbocycles. The molecule has 27 heavy (non-hydrogen) atoms. The number of carbonyl (C=O) groups excluding carboxylic acids is 1. The highest BCUT2D eigenvalue weighted by molar-refractivity contribution is 6.32. The fourth-order valence-corrected chi connectivity index (χ4v) is 2.35. The molecule has 0 aromatic heterocycles. The summed E-state index contributed by atoms with van der Waals surface area (Å²) >= 11 is 6.15. The minimum atomic E-state index is -0.321. The van der Waals surface area contributed by atoms with Gasteiger partial charge in [0.2, 0.25) is 5.91 Å². The van der Waals surface area contributed by atoms with E-state index in [-0.39, 0.29) is 12.5 Å². The van der Waals surface area contributed by atoms with Gasteiger partial charge in [-0.2, -0.15) is 5.26 Å². The predicted molar refractivity (Wildman–Crippen MR) is 104 cm³/mol. The molecule has 0 saturated carbocycles. The zero-order chi connectivity index (χ0) is 19.5. The van der Waals surface area contributed by atoms with E-state index in [0.717, 1.165) is 5.56 Å². The highest BCUT2D eigenvalue weighted by atomic mass is 35.5. The second kappa shape index (κ2) is 10.9. The number of carbonyl (C=O) groups is 1. The first-order valence-corrected chi connectivity index (χ1v) is 8.51. The number of nitrogens with zero attached hydrogens (tertiary/aromatic N) is 1. The normalized spacial score (nSPS) is 10.4. The van der Waals surface area contributed by atoms with Crippen molar-refractivity contribution in [2.75, 3.05) is 32.2 Å². The van der Waals surface area contributed by atoms with Crippen LogP contribution in [0.25, 0.3) is 6.08 Å². The molecule has 0 saturated heterocycles. The van der Waals surface area contributed by atoms with E-state index in [1.807, 2.05) is 6.07 Å². The average molecular weight is 387 g/mol. The molecule has 0 bridgehead atoms. The lowest BCUT2D eigenvalue weighted by Gasteiger charge is -2.13. The molecule has 0 atom stereocenters. The number of halogens is 1. The smallest absolute Gasteiger partial charge is 0.248 e. The van der Waals surface area contributed by atoms with Crippen molar-refractivity contribution in [2.24, 2.45) is 0 Å². The van der Waals surface area contributed by atoms with E-state index in [9.17, 15) is 4.79 Å². The summed E-state index contributed by atoms with van der Waals surface area (Å²) in [7, 11) is 1.58. The maximum absolute atomic E-state index is 12.2. The van der Waals surface area contributed by atoms with E-state index >= 15 is 0 Å². The highest BCUT2D eigenvalue weighted by Gasteiger charge is 2.10. The van der Waals surface area contributed by atoms with Gasteiger partial charge in [-0.25, -0.2) is 0 Å². The SMILES string of the molecule is COCCOc1c(Cl)cccc1NC(=O)/C=C/c1ccc(OCC#N)cc1. The van der Waals surface area contributed by atoms with Crippen molar-refractivity contribution >= 4 is 29.3 Å². The van der Waals surface area contributed by atoms with Gasteiger partial charge in [0.05, 0.1) is 17.3 Å². The zero-order valence-electron chi connectivity index (χ0n) is 14.8. The Bertz CT molecular complexity index is 829. The van der Waals surface area contributed by atoms with Gasteiger partial charge >= 0.3 is 0 Å². The first-order valence-electron chi connectivity index (χ1n) is 8.13. The van der Waals surface area contributed by atoms with Crippen LogP contribution >= 0.6 is 11.6 Å². The number of benzene rings is 2. The molecule has 1 amide bonds. The topological polar surface area (TPSA) is 80.6 Å².